The van der Waals surface area contributed by atoms with Crippen LogP contribution in [-0.2, 0) is 6.54 Å². The first kappa shape index (κ1) is 20.3. The first-order chi connectivity index (χ1) is 14.1. The van der Waals surface area contributed by atoms with Gasteiger partial charge in [0.1, 0.15) is 6.10 Å². The highest BCUT2D eigenvalue weighted by Gasteiger charge is 2.39. The van der Waals surface area contributed by atoms with Gasteiger partial charge in [-0.1, -0.05) is 56.7 Å². The van der Waals surface area contributed by atoms with Crippen LogP contribution in [0.2, 0.25) is 0 Å². The van der Waals surface area contributed by atoms with E-state index in [1.807, 2.05) is 0 Å². The minimum Gasteiger partial charge on any atom is -0.489 e. The summed E-state index contributed by atoms with van der Waals surface area (Å²) >= 11 is 0. The maximum atomic E-state index is 6.56. The molecule has 2 aliphatic rings. The molecular formula is C26H35NO2. The summed E-state index contributed by atoms with van der Waals surface area (Å²) in [4.78, 5) is 2.74. The van der Waals surface area contributed by atoms with Crippen LogP contribution in [0.3, 0.4) is 0 Å². The van der Waals surface area contributed by atoms with E-state index in [0.717, 1.165) is 37.5 Å². The zero-order valence-electron chi connectivity index (χ0n) is 18.1. The van der Waals surface area contributed by atoms with Crippen molar-refractivity contribution >= 4 is 0 Å². The van der Waals surface area contributed by atoms with Crippen LogP contribution < -0.4 is 9.47 Å². The van der Waals surface area contributed by atoms with Crippen molar-refractivity contribution in [3.63, 3.8) is 0 Å². The van der Waals surface area contributed by atoms with E-state index in [1.54, 1.807) is 0 Å². The number of ether oxygens (including phenoxy) is 2. The average molecular weight is 394 g/mol. The largest absolute Gasteiger partial charge is 0.489 e. The molecule has 0 aliphatic carbocycles. The smallest absolute Gasteiger partial charge is 0.161 e. The summed E-state index contributed by atoms with van der Waals surface area (Å²) in [5.74, 6) is 2.32. The molecule has 3 nitrogen and oxygen atoms in total. The van der Waals surface area contributed by atoms with Gasteiger partial charge in [0.05, 0.1) is 6.61 Å². The topological polar surface area (TPSA) is 21.7 Å². The SMILES string of the molecule is Cc1ccc(OC2C[C@H]3CCC[C@@H](C2)N3Cc2ccccc2)c(OCC(C)C)c1. The molecule has 0 saturated carbocycles. The van der Waals surface area contributed by atoms with Crippen molar-refractivity contribution in [2.24, 2.45) is 5.92 Å². The summed E-state index contributed by atoms with van der Waals surface area (Å²) in [7, 11) is 0. The number of nitrogens with zero attached hydrogens (tertiary/aromatic N) is 1. The van der Waals surface area contributed by atoms with Crippen molar-refractivity contribution < 1.29 is 9.47 Å². The number of rotatable bonds is 7. The van der Waals surface area contributed by atoms with Gasteiger partial charge in [0.2, 0.25) is 0 Å². The summed E-state index contributed by atoms with van der Waals surface area (Å²) < 4.78 is 12.6. The van der Waals surface area contributed by atoms with Crippen molar-refractivity contribution in [3.05, 3.63) is 59.7 Å². The van der Waals surface area contributed by atoms with E-state index in [2.05, 4.69) is 74.2 Å². The number of hydrogen-bond acceptors (Lipinski definition) is 3. The monoisotopic (exact) mass is 393 g/mol. The molecule has 0 aromatic heterocycles. The Morgan fingerprint density at radius 3 is 2.38 bits per heavy atom. The van der Waals surface area contributed by atoms with Gasteiger partial charge in [-0.3, -0.25) is 4.90 Å². The van der Waals surface area contributed by atoms with Crippen LogP contribution >= 0.6 is 0 Å². The Hall–Kier alpha value is -2.00. The zero-order valence-corrected chi connectivity index (χ0v) is 18.1. The number of piperidine rings is 2. The van der Waals surface area contributed by atoms with Crippen molar-refractivity contribution in [2.75, 3.05) is 6.61 Å². The first-order valence-electron chi connectivity index (χ1n) is 11.3. The maximum absolute atomic E-state index is 6.56. The van der Waals surface area contributed by atoms with E-state index in [1.165, 1.54) is 30.4 Å². The molecule has 3 atom stereocenters. The number of fused-ring (bicyclic) bond motifs is 2. The summed E-state index contributed by atoms with van der Waals surface area (Å²) in [6.45, 7) is 8.26. The Labute approximate surface area is 176 Å². The Morgan fingerprint density at radius 1 is 0.966 bits per heavy atom. The van der Waals surface area contributed by atoms with E-state index in [0.29, 0.717) is 18.0 Å². The van der Waals surface area contributed by atoms with E-state index < -0.39 is 0 Å². The van der Waals surface area contributed by atoms with Crippen molar-refractivity contribution in [1.29, 1.82) is 0 Å². The van der Waals surface area contributed by atoms with Gasteiger partial charge in [0.25, 0.3) is 0 Å². The van der Waals surface area contributed by atoms with E-state index >= 15 is 0 Å². The average Bonchev–Trinajstić information content (AvgIpc) is 2.69. The van der Waals surface area contributed by atoms with E-state index in [9.17, 15) is 0 Å². The molecule has 2 aliphatic heterocycles. The van der Waals surface area contributed by atoms with Gasteiger partial charge >= 0.3 is 0 Å². The van der Waals surface area contributed by atoms with Gasteiger partial charge in [-0.2, -0.15) is 0 Å². The molecule has 2 aromatic carbocycles. The van der Waals surface area contributed by atoms with Crippen molar-refractivity contribution in [2.45, 2.75) is 77.6 Å². The predicted molar refractivity (Wildman–Crippen MR) is 119 cm³/mol. The molecule has 0 radical (unpaired) electrons. The molecule has 2 heterocycles. The van der Waals surface area contributed by atoms with Crippen LogP contribution in [0.1, 0.15) is 57.1 Å². The van der Waals surface area contributed by atoms with Crippen LogP contribution in [0.15, 0.2) is 48.5 Å². The molecule has 2 saturated heterocycles. The Morgan fingerprint density at radius 2 is 1.69 bits per heavy atom. The molecule has 1 unspecified atom stereocenters. The van der Waals surface area contributed by atoms with Crippen LogP contribution in [0.4, 0.5) is 0 Å². The van der Waals surface area contributed by atoms with E-state index in [4.69, 9.17) is 9.47 Å². The minimum absolute atomic E-state index is 0.279. The van der Waals surface area contributed by atoms with Crippen molar-refractivity contribution in [3.8, 4) is 11.5 Å². The second kappa shape index (κ2) is 9.21. The molecule has 2 fully saturated rings. The summed E-state index contributed by atoms with van der Waals surface area (Å²) in [6, 6.07) is 18.5. The second-order valence-corrected chi connectivity index (χ2v) is 9.26. The quantitative estimate of drug-likeness (QED) is 0.576. The summed E-state index contributed by atoms with van der Waals surface area (Å²) in [5.41, 5.74) is 2.64. The Balaban J connectivity index is 1.44. The summed E-state index contributed by atoms with van der Waals surface area (Å²) in [6.07, 6.45) is 6.42. The molecular weight excluding hydrogens is 358 g/mol. The van der Waals surface area contributed by atoms with Gasteiger partial charge < -0.3 is 9.47 Å². The lowest BCUT2D eigenvalue weighted by Gasteiger charge is -2.48. The maximum Gasteiger partial charge on any atom is 0.161 e. The highest BCUT2D eigenvalue weighted by molar-refractivity contribution is 5.42. The van der Waals surface area contributed by atoms with E-state index in [-0.39, 0.29) is 6.10 Å². The van der Waals surface area contributed by atoms with Crippen LogP contribution in [-0.4, -0.2) is 29.7 Å². The lowest BCUT2D eigenvalue weighted by molar-refractivity contribution is -0.0229. The lowest BCUT2D eigenvalue weighted by atomic mass is 9.82. The lowest BCUT2D eigenvalue weighted by Crippen LogP contribution is -2.53. The molecule has 4 rings (SSSR count). The van der Waals surface area contributed by atoms with Crippen LogP contribution in [0.25, 0.3) is 0 Å². The second-order valence-electron chi connectivity index (χ2n) is 9.26. The molecule has 156 valence electrons. The molecule has 2 bridgehead atoms. The highest BCUT2D eigenvalue weighted by Crippen LogP contribution is 2.38. The molecule has 0 spiro atoms. The fourth-order valence-electron chi connectivity index (χ4n) is 4.84. The molecule has 0 N–H and O–H groups in total. The van der Waals surface area contributed by atoms with Crippen LogP contribution in [0, 0.1) is 12.8 Å². The zero-order chi connectivity index (χ0) is 20.2. The van der Waals surface area contributed by atoms with Gasteiger partial charge in [-0.15, -0.1) is 0 Å². The van der Waals surface area contributed by atoms with Gasteiger partial charge in [0.15, 0.2) is 11.5 Å². The number of hydrogen-bond donors (Lipinski definition) is 0. The first-order valence-corrected chi connectivity index (χ1v) is 11.3. The number of aryl methyl sites for hydroxylation is 1. The molecule has 3 heteroatoms. The normalized spacial score (nSPS) is 24.5. The minimum atomic E-state index is 0.279. The molecule has 0 amide bonds. The summed E-state index contributed by atoms with van der Waals surface area (Å²) in [5, 5.41) is 0. The number of benzene rings is 2. The Bertz CT molecular complexity index is 775. The van der Waals surface area contributed by atoms with Gasteiger partial charge in [-0.05, 0) is 61.8 Å². The Kier molecular flexibility index (Phi) is 6.44. The third kappa shape index (κ3) is 5.14. The fourth-order valence-corrected chi connectivity index (χ4v) is 4.84. The standard InChI is InChI=1S/C26H35NO2/c1-19(2)18-28-26-14-20(3)12-13-25(26)29-24-15-22-10-7-11-23(16-24)27(22)17-21-8-5-4-6-9-21/h4-6,8-9,12-14,19,22-24H,7,10-11,15-18H2,1-3H3/t22-,23+,24?. The van der Waals surface area contributed by atoms with Gasteiger partial charge in [0, 0.05) is 18.6 Å². The third-order valence-corrected chi connectivity index (χ3v) is 6.26. The molecule has 29 heavy (non-hydrogen) atoms. The van der Waals surface area contributed by atoms with Crippen molar-refractivity contribution in [1.82, 2.24) is 4.90 Å². The highest BCUT2D eigenvalue weighted by atomic mass is 16.5. The van der Waals surface area contributed by atoms with Crippen LogP contribution in [0.5, 0.6) is 11.5 Å². The predicted octanol–water partition coefficient (Wildman–Crippen LogP) is 5.99. The molecule has 2 aromatic rings. The van der Waals surface area contributed by atoms with Gasteiger partial charge in [-0.25, -0.2) is 0 Å². The fraction of sp³-hybridized carbons (Fsp3) is 0.538. The third-order valence-electron chi connectivity index (χ3n) is 6.26.